The van der Waals surface area contributed by atoms with Crippen LogP contribution in [0.15, 0.2) is 23.1 Å². The van der Waals surface area contributed by atoms with Gasteiger partial charge < -0.3 is 24.5 Å². The van der Waals surface area contributed by atoms with Gasteiger partial charge in [-0.25, -0.2) is 9.31 Å². The molecule has 0 aliphatic carbocycles. The first kappa shape index (κ1) is 20.8. The van der Waals surface area contributed by atoms with Crippen LogP contribution in [0.25, 0.3) is 5.52 Å². The molecule has 0 fully saturated rings. The summed E-state index contributed by atoms with van der Waals surface area (Å²) in [6.07, 6.45) is 1.54. The Morgan fingerprint density at radius 1 is 1.20 bits per heavy atom. The fourth-order valence-electron chi connectivity index (χ4n) is 2.87. The first-order chi connectivity index (χ1) is 14.4. The molecule has 11 heteroatoms. The van der Waals surface area contributed by atoms with E-state index in [4.69, 9.17) is 14.2 Å². The summed E-state index contributed by atoms with van der Waals surface area (Å²) in [6, 6.07) is 2.87. The van der Waals surface area contributed by atoms with Crippen LogP contribution in [-0.4, -0.2) is 52.0 Å². The molecule has 2 aromatic heterocycles. The minimum absolute atomic E-state index is 0.00906. The SMILES string of the molecule is CCOc1cc(C(=O)OC)cc(NC(=O)c2nnn3cc(C)[nH]c(=O)c23)c1OCC. The lowest BCUT2D eigenvalue weighted by molar-refractivity contribution is 0.0600. The van der Waals surface area contributed by atoms with Crippen molar-refractivity contribution < 1.29 is 23.8 Å². The van der Waals surface area contributed by atoms with Crippen LogP contribution in [0.4, 0.5) is 5.69 Å². The topological polar surface area (TPSA) is 137 Å². The first-order valence-corrected chi connectivity index (χ1v) is 9.17. The number of ether oxygens (including phenoxy) is 3. The van der Waals surface area contributed by atoms with Gasteiger partial charge >= 0.3 is 5.97 Å². The lowest BCUT2D eigenvalue weighted by Crippen LogP contribution is -2.19. The molecule has 0 unspecified atom stereocenters. The van der Waals surface area contributed by atoms with Gasteiger partial charge in [-0.05, 0) is 32.9 Å². The highest BCUT2D eigenvalue weighted by molar-refractivity contribution is 6.08. The van der Waals surface area contributed by atoms with Gasteiger partial charge in [-0.15, -0.1) is 5.10 Å². The smallest absolute Gasteiger partial charge is 0.338 e. The third-order valence-corrected chi connectivity index (χ3v) is 4.06. The third kappa shape index (κ3) is 3.95. The van der Waals surface area contributed by atoms with E-state index in [1.165, 1.54) is 30.0 Å². The fourth-order valence-corrected chi connectivity index (χ4v) is 2.87. The molecule has 0 aliphatic rings. The van der Waals surface area contributed by atoms with E-state index in [1.807, 2.05) is 0 Å². The Hall–Kier alpha value is -3.89. The summed E-state index contributed by atoms with van der Waals surface area (Å²) in [5, 5.41) is 10.3. The number of carbonyl (C=O) groups excluding carboxylic acids is 2. The van der Waals surface area contributed by atoms with Gasteiger partial charge in [0.2, 0.25) is 0 Å². The minimum atomic E-state index is -0.704. The maximum absolute atomic E-state index is 12.9. The van der Waals surface area contributed by atoms with E-state index in [1.54, 1.807) is 20.8 Å². The van der Waals surface area contributed by atoms with Crippen LogP contribution in [-0.2, 0) is 4.74 Å². The van der Waals surface area contributed by atoms with E-state index in [-0.39, 0.29) is 40.6 Å². The van der Waals surface area contributed by atoms with E-state index >= 15 is 0 Å². The molecule has 2 N–H and O–H groups in total. The van der Waals surface area contributed by atoms with E-state index < -0.39 is 17.4 Å². The number of aromatic nitrogens is 4. The average molecular weight is 415 g/mol. The van der Waals surface area contributed by atoms with E-state index in [0.29, 0.717) is 12.3 Å². The zero-order chi connectivity index (χ0) is 21.8. The van der Waals surface area contributed by atoms with Crippen molar-refractivity contribution >= 4 is 23.1 Å². The summed E-state index contributed by atoms with van der Waals surface area (Å²) < 4.78 is 17.2. The zero-order valence-corrected chi connectivity index (χ0v) is 16.9. The molecule has 1 amide bonds. The summed E-state index contributed by atoms with van der Waals surface area (Å²) in [4.78, 5) is 39.9. The maximum Gasteiger partial charge on any atom is 0.338 e. The molecule has 3 rings (SSSR count). The fraction of sp³-hybridized carbons (Fsp3) is 0.316. The first-order valence-electron chi connectivity index (χ1n) is 9.17. The number of benzene rings is 1. The standard InChI is InChI=1S/C19H21N5O6/c1-5-29-13-8-11(19(27)28-4)7-12(16(13)30-6-2)21-17(25)14-15-18(26)20-10(3)9-24(15)23-22-14/h7-9H,5-6H2,1-4H3,(H,20,26)(H,21,25). The minimum Gasteiger partial charge on any atom is -0.490 e. The van der Waals surface area contributed by atoms with Gasteiger partial charge in [0.15, 0.2) is 22.7 Å². The van der Waals surface area contributed by atoms with Crippen molar-refractivity contribution in [2.24, 2.45) is 0 Å². The lowest BCUT2D eigenvalue weighted by Gasteiger charge is -2.17. The van der Waals surface area contributed by atoms with Crippen molar-refractivity contribution in [2.75, 3.05) is 25.6 Å². The van der Waals surface area contributed by atoms with Crippen LogP contribution in [0.1, 0.15) is 40.4 Å². The highest BCUT2D eigenvalue weighted by atomic mass is 16.5. The summed E-state index contributed by atoms with van der Waals surface area (Å²) in [6.45, 7) is 5.82. The van der Waals surface area contributed by atoms with Crippen molar-refractivity contribution in [1.82, 2.24) is 19.8 Å². The number of hydrogen-bond acceptors (Lipinski definition) is 8. The van der Waals surface area contributed by atoms with Crippen molar-refractivity contribution in [3.8, 4) is 11.5 Å². The van der Waals surface area contributed by atoms with Gasteiger partial charge in [0.1, 0.15) is 0 Å². The number of methoxy groups -OCH3 is 1. The van der Waals surface area contributed by atoms with Gasteiger partial charge in [0, 0.05) is 5.69 Å². The van der Waals surface area contributed by atoms with Gasteiger partial charge in [-0.3, -0.25) is 9.59 Å². The number of fused-ring (bicyclic) bond motifs is 1. The summed E-state index contributed by atoms with van der Waals surface area (Å²) in [5.74, 6) is -0.819. The Labute approximate surface area is 170 Å². The molecular weight excluding hydrogens is 394 g/mol. The Morgan fingerprint density at radius 3 is 2.60 bits per heavy atom. The van der Waals surface area contributed by atoms with Crippen LogP contribution in [0, 0.1) is 6.92 Å². The number of anilines is 1. The number of esters is 1. The quantitative estimate of drug-likeness (QED) is 0.555. The van der Waals surface area contributed by atoms with Crippen LogP contribution in [0.5, 0.6) is 11.5 Å². The molecule has 0 saturated heterocycles. The molecule has 0 spiro atoms. The zero-order valence-electron chi connectivity index (χ0n) is 16.9. The highest BCUT2D eigenvalue weighted by Gasteiger charge is 2.23. The Morgan fingerprint density at radius 2 is 1.93 bits per heavy atom. The largest absolute Gasteiger partial charge is 0.490 e. The second-order valence-electron chi connectivity index (χ2n) is 6.16. The molecular formula is C19H21N5O6. The number of amides is 1. The molecule has 0 atom stereocenters. The van der Waals surface area contributed by atoms with Gasteiger partial charge in [0.05, 0.1) is 37.8 Å². The molecule has 0 radical (unpaired) electrons. The maximum atomic E-state index is 12.9. The molecule has 2 heterocycles. The molecule has 0 saturated carbocycles. The molecule has 11 nitrogen and oxygen atoms in total. The van der Waals surface area contributed by atoms with Crippen LogP contribution >= 0.6 is 0 Å². The Balaban J connectivity index is 2.08. The van der Waals surface area contributed by atoms with Gasteiger partial charge in [-0.2, -0.15) is 0 Å². The van der Waals surface area contributed by atoms with Crippen molar-refractivity contribution in [2.45, 2.75) is 20.8 Å². The Bertz CT molecular complexity index is 1170. The van der Waals surface area contributed by atoms with Crippen LogP contribution in [0.2, 0.25) is 0 Å². The van der Waals surface area contributed by atoms with Crippen molar-refractivity contribution in [1.29, 1.82) is 0 Å². The van der Waals surface area contributed by atoms with Crippen molar-refractivity contribution in [3.63, 3.8) is 0 Å². The number of nitrogens with one attached hydrogen (secondary N) is 2. The monoisotopic (exact) mass is 415 g/mol. The molecule has 0 aliphatic heterocycles. The normalized spacial score (nSPS) is 10.7. The number of hydrogen-bond donors (Lipinski definition) is 2. The van der Waals surface area contributed by atoms with Gasteiger partial charge in [-0.1, -0.05) is 5.21 Å². The lowest BCUT2D eigenvalue weighted by atomic mass is 10.1. The second-order valence-corrected chi connectivity index (χ2v) is 6.16. The predicted molar refractivity (Wildman–Crippen MR) is 106 cm³/mol. The summed E-state index contributed by atoms with van der Waals surface area (Å²) >= 11 is 0. The second kappa shape index (κ2) is 8.64. The number of rotatable bonds is 7. The third-order valence-electron chi connectivity index (χ3n) is 4.06. The summed E-state index contributed by atoms with van der Waals surface area (Å²) in [5.41, 5.74) is 0.188. The number of nitrogens with zero attached hydrogens (tertiary/aromatic N) is 3. The van der Waals surface area contributed by atoms with E-state index in [2.05, 4.69) is 20.6 Å². The molecule has 0 bridgehead atoms. The predicted octanol–water partition coefficient (Wildman–Crippen LogP) is 1.56. The van der Waals surface area contributed by atoms with E-state index in [9.17, 15) is 14.4 Å². The van der Waals surface area contributed by atoms with Crippen LogP contribution < -0.4 is 20.3 Å². The molecule has 30 heavy (non-hydrogen) atoms. The average Bonchev–Trinajstić information content (AvgIpc) is 3.14. The Kier molecular flexibility index (Phi) is 6.00. The molecule has 3 aromatic rings. The number of aromatic amines is 1. The van der Waals surface area contributed by atoms with Gasteiger partial charge in [0.25, 0.3) is 11.5 Å². The highest BCUT2D eigenvalue weighted by Crippen LogP contribution is 2.37. The molecule has 158 valence electrons. The molecule has 1 aromatic carbocycles. The number of carbonyl (C=O) groups is 2. The van der Waals surface area contributed by atoms with Crippen molar-refractivity contribution in [3.05, 3.63) is 45.6 Å². The number of aryl methyl sites for hydroxylation is 1. The number of H-pyrrole nitrogens is 1. The summed E-state index contributed by atoms with van der Waals surface area (Å²) in [7, 11) is 1.24. The van der Waals surface area contributed by atoms with E-state index in [0.717, 1.165) is 0 Å². The van der Waals surface area contributed by atoms with Crippen LogP contribution in [0.3, 0.4) is 0 Å².